The molecule has 0 saturated carbocycles. The molecule has 0 spiro atoms. The van der Waals surface area contributed by atoms with Crippen LogP contribution in [0.15, 0.2) is 0 Å². The number of nitrogens with zero attached hydrogens (tertiary/aromatic N) is 1. The molecule has 2 nitrogen and oxygen atoms in total. The second-order valence-corrected chi connectivity index (χ2v) is 3.79. The maximum absolute atomic E-state index is 10.4. The van der Waals surface area contributed by atoms with Crippen LogP contribution in [-0.2, 0) is 4.79 Å². The number of carbonyl (C=O) groups is 1. The van der Waals surface area contributed by atoms with E-state index < -0.39 is 0 Å². The molecule has 0 fully saturated rings. The lowest BCUT2D eigenvalue weighted by atomic mass is 10.1. The highest BCUT2D eigenvalue weighted by Crippen LogP contribution is 2.03. The molecule has 60 valence electrons. The number of hydrogen-bond donors (Lipinski definition) is 0. The monoisotopic (exact) mass is 144 g/mol. The van der Waals surface area contributed by atoms with Gasteiger partial charge in [-0.1, -0.05) is 13.8 Å². The van der Waals surface area contributed by atoms with E-state index in [-0.39, 0.29) is 0 Å². The minimum absolute atomic E-state index is 0.484. The average molecular weight is 144 g/mol. The fraction of sp³-hybridized carbons (Fsp3) is 0.875. The van der Waals surface area contributed by atoms with E-state index in [2.05, 4.69) is 13.8 Å². The number of hydrogen-bond acceptors (Lipinski definition) is 1. The Morgan fingerprint density at radius 3 is 2.20 bits per heavy atom. The summed E-state index contributed by atoms with van der Waals surface area (Å²) in [5.41, 5.74) is 0. The van der Waals surface area contributed by atoms with Crippen molar-refractivity contribution in [3.8, 4) is 0 Å². The molecule has 0 aromatic carbocycles. The average Bonchev–Trinajstić information content (AvgIpc) is 1.85. The van der Waals surface area contributed by atoms with Crippen molar-refractivity contribution in [3.05, 3.63) is 0 Å². The molecular formula is C8H18NO+. The number of amides is 1. The summed E-state index contributed by atoms with van der Waals surface area (Å²) in [6, 6.07) is 0. The summed E-state index contributed by atoms with van der Waals surface area (Å²) in [5.74, 6) is 0.692. The second kappa shape index (κ2) is 3.71. The van der Waals surface area contributed by atoms with Crippen molar-refractivity contribution in [1.82, 2.24) is 0 Å². The first-order valence-electron chi connectivity index (χ1n) is 3.77. The molecule has 0 radical (unpaired) electrons. The van der Waals surface area contributed by atoms with Gasteiger partial charge in [0.05, 0.1) is 20.6 Å². The SMILES string of the molecule is CC(C)CC[N+](C)(C)C=O. The molecule has 10 heavy (non-hydrogen) atoms. The molecule has 0 N–H and O–H groups in total. The van der Waals surface area contributed by atoms with E-state index >= 15 is 0 Å². The third kappa shape index (κ3) is 4.50. The molecule has 0 rings (SSSR count). The topological polar surface area (TPSA) is 17.1 Å². The first kappa shape index (κ1) is 9.63. The highest BCUT2D eigenvalue weighted by molar-refractivity contribution is 5.36. The number of rotatable bonds is 4. The van der Waals surface area contributed by atoms with Gasteiger partial charge < -0.3 is 0 Å². The molecule has 0 heterocycles. The first-order chi connectivity index (χ1) is 4.48. The lowest BCUT2D eigenvalue weighted by Crippen LogP contribution is -2.39. The fourth-order valence-corrected chi connectivity index (χ4v) is 0.644. The van der Waals surface area contributed by atoms with Gasteiger partial charge in [-0.05, 0) is 12.3 Å². The van der Waals surface area contributed by atoms with Gasteiger partial charge in [0.15, 0.2) is 0 Å². The van der Waals surface area contributed by atoms with Crippen molar-refractivity contribution in [2.24, 2.45) is 5.92 Å². The number of quaternary nitrogens is 1. The maximum Gasteiger partial charge on any atom is 0.301 e. The minimum Gasteiger partial charge on any atom is -0.268 e. The van der Waals surface area contributed by atoms with Crippen LogP contribution in [-0.4, -0.2) is 31.5 Å². The third-order valence-corrected chi connectivity index (χ3v) is 1.57. The van der Waals surface area contributed by atoms with Crippen LogP contribution in [0.3, 0.4) is 0 Å². The lowest BCUT2D eigenvalue weighted by Gasteiger charge is -2.21. The van der Waals surface area contributed by atoms with Crippen LogP contribution < -0.4 is 0 Å². The quantitative estimate of drug-likeness (QED) is 0.429. The lowest BCUT2D eigenvalue weighted by molar-refractivity contribution is -0.804. The summed E-state index contributed by atoms with van der Waals surface area (Å²) in [6.07, 6.45) is 2.11. The summed E-state index contributed by atoms with van der Waals surface area (Å²) >= 11 is 0. The van der Waals surface area contributed by atoms with E-state index in [9.17, 15) is 4.79 Å². The Labute approximate surface area is 63.4 Å². The molecule has 0 aromatic heterocycles. The molecule has 0 atom stereocenters. The van der Waals surface area contributed by atoms with E-state index in [1.807, 2.05) is 14.1 Å². The Morgan fingerprint density at radius 1 is 1.40 bits per heavy atom. The Balaban J connectivity index is 3.56. The highest BCUT2D eigenvalue weighted by atomic mass is 16.1. The Kier molecular flexibility index (Phi) is 3.58. The zero-order chi connectivity index (χ0) is 8.20. The van der Waals surface area contributed by atoms with Crippen molar-refractivity contribution in [1.29, 1.82) is 0 Å². The summed E-state index contributed by atoms with van der Waals surface area (Å²) < 4.78 is 0.484. The maximum atomic E-state index is 10.4. The van der Waals surface area contributed by atoms with Crippen LogP contribution in [0.4, 0.5) is 0 Å². The molecule has 2 heteroatoms. The molecule has 0 bridgehead atoms. The molecule has 0 saturated heterocycles. The molecule has 0 aromatic rings. The predicted molar refractivity (Wildman–Crippen MR) is 42.5 cm³/mol. The van der Waals surface area contributed by atoms with Crippen molar-refractivity contribution in [2.45, 2.75) is 20.3 Å². The van der Waals surface area contributed by atoms with Crippen LogP contribution in [0.5, 0.6) is 0 Å². The van der Waals surface area contributed by atoms with Crippen LogP contribution in [0, 0.1) is 5.92 Å². The zero-order valence-electron chi connectivity index (χ0n) is 7.42. The van der Waals surface area contributed by atoms with Gasteiger partial charge in [-0.15, -0.1) is 0 Å². The molecular weight excluding hydrogens is 126 g/mol. The Hall–Kier alpha value is -0.370. The van der Waals surface area contributed by atoms with Gasteiger partial charge in [-0.3, -0.25) is 4.48 Å². The largest absolute Gasteiger partial charge is 0.301 e. The molecule has 0 aliphatic carbocycles. The van der Waals surface area contributed by atoms with Crippen LogP contribution in [0.1, 0.15) is 20.3 Å². The molecule has 1 amide bonds. The number of carbonyl (C=O) groups excluding carboxylic acids is 1. The first-order valence-corrected chi connectivity index (χ1v) is 3.77. The van der Waals surface area contributed by atoms with Gasteiger partial charge in [0, 0.05) is 0 Å². The van der Waals surface area contributed by atoms with Crippen molar-refractivity contribution in [3.63, 3.8) is 0 Å². The molecule has 0 aliphatic rings. The molecule has 0 aliphatic heterocycles. The summed E-state index contributed by atoms with van der Waals surface area (Å²) in [7, 11) is 3.85. The highest BCUT2D eigenvalue weighted by Gasteiger charge is 2.12. The third-order valence-electron chi connectivity index (χ3n) is 1.57. The minimum atomic E-state index is 0.484. The summed E-state index contributed by atoms with van der Waals surface area (Å²) in [4.78, 5) is 10.4. The fourth-order valence-electron chi connectivity index (χ4n) is 0.644. The van der Waals surface area contributed by atoms with Crippen molar-refractivity contribution < 1.29 is 9.28 Å². The summed E-state index contributed by atoms with van der Waals surface area (Å²) in [6.45, 7) is 5.29. The van der Waals surface area contributed by atoms with E-state index in [1.165, 1.54) is 0 Å². The summed E-state index contributed by atoms with van der Waals surface area (Å²) in [5, 5.41) is 0. The Morgan fingerprint density at radius 2 is 1.90 bits per heavy atom. The molecule has 0 unspecified atom stereocenters. The van der Waals surface area contributed by atoms with Gasteiger partial charge in [-0.25, -0.2) is 4.79 Å². The Bertz CT molecular complexity index is 108. The van der Waals surface area contributed by atoms with E-state index in [0.29, 0.717) is 10.4 Å². The van der Waals surface area contributed by atoms with Crippen LogP contribution in [0.2, 0.25) is 0 Å². The van der Waals surface area contributed by atoms with Gasteiger partial charge in [-0.2, -0.15) is 0 Å². The van der Waals surface area contributed by atoms with Crippen LogP contribution in [0.25, 0.3) is 0 Å². The van der Waals surface area contributed by atoms with Gasteiger partial charge in [0.25, 0.3) is 0 Å². The predicted octanol–water partition coefficient (Wildman–Crippen LogP) is 1.27. The smallest absolute Gasteiger partial charge is 0.268 e. The van der Waals surface area contributed by atoms with Crippen molar-refractivity contribution in [2.75, 3.05) is 20.6 Å². The standard InChI is InChI=1S/C8H18NO/c1-8(2)5-6-9(3,4)7-10/h7-8H,5-6H2,1-4H3/q+1. The normalized spacial score (nSPS) is 12.1. The van der Waals surface area contributed by atoms with Gasteiger partial charge in [0.1, 0.15) is 0 Å². The van der Waals surface area contributed by atoms with E-state index in [4.69, 9.17) is 0 Å². The van der Waals surface area contributed by atoms with E-state index in [1.54, 1.807) is 0 Å². The second-order valence-electron chi connectivity index (χ2n) is 3.79. The zero-order valence-corrected chi connectivity index (χ0v) is 7.42. The van der Waals surface area contributed by atoms with Crippen molar-refractivity contribution >= 4 is 6.41 Å². The van der Waals surface area contributed by atoms with Gasteiger partial charge >= 0.3 is 6.41 Å². The van der Waals surface area contributed by atoms with Crippen LogP contribution >= 0.6 is 0 Å². The van der Waals surface area contributed by atoms with Gasteiger partial charge in [0.2, 0.25) is 0 Å². The van der Waals surface area contributed by atoms with E-state index in [0.717, 1.165) is 19.4 Å².